The topological polar surface area (TPSA) is 94.7 Å². The van der Waals surface area contributed by atoms with Gasteiger partial charge >= 0.3 is 5.97 Å². The second-order valence-corrected chi connectivity index (χ2v) is 7.04. The number of likely N-dealkylation sites (tertiary alicyclic amines) is 1. The zero-order valence-corrected chi connectivity index (χ0v) is 15.7. The highest BCUT2D eigenvalue weighted by molar-refractivity contribution is 5.90. The molecule has 148 valence electrons. The van der Waals surface area contributed by atoms with Crippen molar-refractivity contribution in [2.75, 3.05) is 19.7 Å². The Morgan fingerprint density at radius 3 is 2.50 bits per heavy atom. The molecule has 2 heterocycles. The number of benzene rings is 1. The van der Waals surface area contributed by atoms with Crippen molar-refractivity contribution >= 4 is 17.6 Å². The summed E-state index contributed by atoms with van der Waals surface area (Å²) >= 11 is 0. The molecule has 0 unspecified atom stereocenters. The largest absolute Gasteiger partial charge is 0.451 e. The zero-order valence-electron chi connectivity index (χ0n) is 15.7. The Labute approximate surface area is 162 Å². The van der Waals surface area contributed by atoms with Crippen molar-refractivity contribution in [3.63, 3.8) is 0 Å². The van der Waals surface area contributed by atoms with E-state index in [4.69, 9.17) is 4.74 Å². The lowest BCUT2D eigenvalue weighted by atomic mass is 9.90. The summed E-state index contributed by atoms with van der Waals surface area (Å²) in [5, 5.41) is 10.8. The smallest absolute Gasteiger partial charge is 0.355 e. The van der Waals surface area contributed by atoms with Crippen molar-refractivity contribution in [1.82, 2.24) is 9.47 Å². The van der Waals surface area contributed by atoms with E-state index in [1.165, 1.54) is 23.4 Å². The lowest BCUT2D eigenvalue weighted by Crippen LogP contribution is -2.41. The molecule has 0 spiro atoms. The Hall–Kier alpha value is -3.16. The number of aryl methyl sites for hydroxylation is 1. The number of piperidine rings is 1. The molecule has 1 saturated heterocycles. The van der Waals surface area contributed by atoms with E-state index in [-0.39, 0.29) is 23.9 Å². The van der Waals surface area contributed by atoms with E-state index in [9.17, 15) is 19.7 Å². The number of carbonyl (C=O) groups is 2. The first-order valence-corrected chi connectivity index (χ1v) is 9.23. The number of rotatable bonds is 6. The molecule has 8 nitrogen and oxygen atoms in total. The first-order chi connectivity index (χ1) is 13.4. The van der Waals surface area contributed by atoms with Gasteiger partial charge in [-0.1, -0.05) is 30.3 Å². The van der Waals surface area contributed by atoms with Gasteiger partial charge in [-0.05, 0) is 30.7 Å². The Balaban J connectivity index is 1.45. The molecule has 0 N–H and O–H groups in total. The lowest BCUT2D eigenvalue weighted by Gasteiger charge is -2.32. The molecule has 3 rings (SSSR count). The number of hydrogen-bond donors (Lipinski definition) is 0. The fraction of sp³-hybridized carbons (Fsp3) is 0.400. The summed E-state index contributed by atoms with van der Waals surface area (Å²) in [7, 11) is 1.52. The van der Waals surface area contributed by atoms with E-state index < -0.39 is 10.9 Å². The minimum atomic E-state index is -0.747. The summed E-state index contributed by atoms with van der Waals surface area (Å²) < 4.78 is 6.39. The number of aromatic nitrogens is 1. The van der Waals surface area contributed by atoms with Crippen LogP contribution in [0.1, 0.15) is 28.9 Å². The minimum Gasteiger partial charge on any atom is -0.451 e. The highest BCUT2D eigenvalue weighted by Crippen LogP contribution is 2.22. The minimum absolute atomic E-state index is 0.0427. The van der Waals surface area contributed by atoms with Crippen molar-refractivity contribution < 1.29 is 19.2 Å². The van der Waals surface area contributed by atoms with E-state index in [0.29, 0.717) is 19.0 Å². The SMILES string of the molecule is Cn1cc([N+](=O)[O-])cc1C(=O)OCC(=O)N1CCC(Cc2ccccc2)CC1. The van der Waals surface area contributed by atoms with Crippen LogP contribution in [0.5, 0.6) is 0 Å². The van der Waals surface area contributed by atoms with Gasteiger partial charge in [0, 0.05) is 26.2 Å². The van der Waals surface area contributed by atoms with Crippen molar-refractivity contribution in [3.05, 3.63) is 64.0 Å². The van der Waals surface area contributed by atoms with Gasteiger partial charge in [-0.15, -0.1) is 0 Å². The predicted molar refractivity (Wildman–Crippen MR) is 102 cm³/mol. The number of hydrogen-bond acceptors (Lipinski definition) is 5. The highest BCUT2D eigenvalue weighted by atomic mass is 16.6. The molecule has 1 aliphatic rings. The first kappa shape index (κ1) is 19.6. The van der Waals surface area contributed by atoms with E-state index in [2.05, 4.69) is 12.1 Å². The zero-order chi connectivity index (χ0) is 20.1. The monoisotopic (exact) mass is 385 g/mol. The molecule has 1 aromatic carbocycles. The number of ether oxygens (including phenoxy) is 1. The standard InChI is InChI=1S/C20H23N3O5/c1-21-13-17(23(26)27)12-18(21)20(25)28-14-19(24)22-9-7-16(8-10-22)11-15-5-3-2-4-6-15/h2-6,12-13,16H,7-11,14H2,1H3. The van der Waals surface area contributed by atoms with E-state index in [1.807, 2.05) is 18.2 Å². The van der Waals surface area contributed by atoms with Crippen LogP contribution in [0.2, 0.25) is 0 Å². The second-order valence-electron chi connectivity index (χ2n) is 7.04. The normalized spacial score (nSPS) is 14.7. The van der Waals surface area contributed by atoms with E-state index in [1.54, 1.807) is 4.90 Å². The van der Waals surface area contributed by atoms with E-state index >= 15 is 0 Å². The summed E-state index contributed by atoms with van der Waals surface area (Å²) in [5.41, 5.74) is 1.15. The van der Waals surface area contributed by atoms with Crippen LogP contribution in [0.15, 0.2) is 42.6 Å². The van der Waals surface area contributed by atoms with Crippen LogP contribution in [0.25, 0.3) is 0 Å². The molecule has 1 aromatic heterocycles. The molecule has 1 fully saturated rings. The lowest BCUT2D eigenvalue weighted by molar-refractivity contribution is -0.384. The van der Waals surface area contributed by atoms with Gasteiger partial charge in [0.15, 0.2) is 6.61 Å². The third-order valence-electron chi connectivity index (χ3n) is 5.07. The van der Waals surface area contributed by atoms with Gasteiger partial charge < -0.3 is 14.2 Å². The van der Waals surface area contributed by atoms with Gasteiger partial charge in [-0.3, -0.25) is 14.9 Å². The third kappa shape index (κ3) is 4.76. The summed E-state index contributed by atoms with van der Waals surface area (Å²) in [6, 6.07) is 11.4. The van der Waals surface area contributed by atoms with Crippen LogP contribution < -0.4 is 0 Å². The van der Waals surface area contributed by atoms with Crippen LogP contribution in [-0.2, 0) is 23.0 Å². The molecule has 0 radical (unpaired) electrons. The van der Waals surface area contributed by atoms with Crippen LogP contribution in [0.3, 0.4) is 0 Å². The molecule has 0 atom stereocenters. The number of nitro groups is 1. The van der Waals surface area contributed by atoms with Crippen LogP contribution >= 0.6 is 0 Å². The Bertz CT molecular complexity index is 854. The number of esters is 1. The molecule has 0 bridgehead atoms. The molecule has 28 heavy (non-hydrogen) atoms. The van der Waals surface area contributed by atoms with Crippen LogP contribution in [0, 0.1) is 16.0 Å². The molecular weight excluding hydrogens is 362 g/mol. The average molecular weight is 385 g/mol. The number of nitrogens with zero attached hydrogens (tertiary/aromatic N) is 3. The van der Waals surface area contributed by atoms with Gasteiger partial charge in [-0.2, -0.15) is 0 Å². The highest BCUT2D eigenvalue weighted by Gasteiger charge is 2.25. The van der Waals surface area contributed by atoms with Crippen LogP contribution in [0.4, 0.5) is 5.69 Å². The molecule has 1 aliphatic heterocycles. The van der Waals surface area contributed by atoms with E-state index in [0.717, 1.165) is 25.3 Å². The summed E-state index contributed by atoms with van der Waals surface area (Å²) in [5.74, 6) is -0.448. The molecule has 2 aromatic rings. The van der Waals surface area contributed by atoms with Crippen molar-refractivity contribution in [3.8, 4) is 0 Å². The summed E-state index contributed by atoms with van der Waals surface area (Å²) in [4.78, 5) is 36.4. The average Bonchev–Trinajstić information content (AvgIpc) is 3.09. The van der Waals surface area contributed by atoms with Gasteiger partial charge in [0.1, 0.15) is 5.69 Å². The van der Waals surface area contributed by atoms with Crippen molar-refractivity contribution in [2.24, 2.45) is 13.0 Å². The van der Waals surface area contributed by atoms with Gasteiger partial charge in [0.25, 0.3) is 11.6 Å². The molecule has 0 aliphatic carbocycles. The maximum absolute atomic E-state index is 12.3. The second kappa shape index (κ2) is 8.69. The van der Waals surface area contributed by atoms with Gasteiger partial charge in [0.05, 0.1) is 11.1 Å². The quantitative estimate of drug-likeness (QED) is 0.433. The molecular formula is C20H23N3O5. The first-order valence-electron chi connectivity index (χ1n) is 9.23. The molecule has 1 amide bonds. The Morgan fingerprint density at radius 1 is 1.21 bits per heavy atom. The van der Waals surface area contributed by atoms with Crippen molar-refractivity contribution in [1.29, 1.82) is 0 Å². The van der Waals surface area contributed by atoms with Crippen molar-refractivity contribution in [2.45, 2.75) is 19.3 Å². The number of amides is 1. The summed E-state index contributed by atoms with van der Waals surface area (Å²) in [6.07, 6.45) is 4.07. The number of carbonyl (C=O) groups excluding carboxylic acids is 2. The fourth-order valence-electron chi connectivity index (χ4n) is 3.48. The maximum atomic E-state index is 12.3. The Kier molecular flexibility index (Phi) is 6.08. The van der Waals surface area contributed by atoms with Crippen LogP contribution in [-0.4, -0.2) is 46.0 Å². The molecule has 8 heteroatoms. The van der Waals surface area contributed by atoms with Gasteiger partial charge in [-0.25, -0.2) is 4.79 Å². The summed E-state index contributed by atoms with van der Waals surface area (Å²) in [6.45, 7) is 0.925. The third-order valence-corrected chi connectivity index (χ3v) is 5.07. The Morgan fingerprint density at radius 2 is 1.89 bits per heavy atom. The molecule has 0 saturated carbocycles. The predicted octanol–water partition coefficient (Wildman–Crippen LogP) is 2.57. The van der Waals surface area contributed by atoms with Gasteiger partial charge in [0.2, 0.25) is 0 Å². The maximum Gasteiger partial charge on any atom is 0.355 e. The fourth-order valence-corrected chi connectivity index (χ4v) is 3.48.